The van der Waals surface area contributed by atoms with Gasteiger partial charge in [-0.1, -0.05) is 44.4 Å². The molecule has 0 bridgehead atoms. The fourth-order valence-corrected chi connectivity index (χ4v) is 2.21. The second-order valence-corrected chi connectivity index (χ2v) is 4.41. The predicted molar refractivity (Wildman–Crippen MR) is 53.7 cm³/mol. The molecule has 0 saturated carbocycles. The Balaban J connectivity index is 2.14. The highest BCUT2D eigenvalue weighted by molar-refractivity contribution is 8.15. The van der Waals surface area contributed by atoms with Crippen molar-refractivity contribution in [3.63, 3.8) is 0 Å². The summed E-state index contributed by atoms with van der Waals surface area (Å²) in [5.41, 5.74) is 0. The number of hydrogen-bond donors (Lipinski definition) is 1. The quantitative estimate of drug-likeness (QED) is 0.694. The molecule has 1 aliphatic heterocycles. The Morgan fingerprint density at radius 3 is 2.62 bits per heavy atom. The molecular formula is C9H15NO2S. The minimum absolute atomic E-state index is 0.105. The molecule has 0 aromatic heterocycles. The lowest BCUT2D eigenvalue weighted by molar-refractivity contribution is -0.119. The van der Waals surface area contributed by atoms with Crippen LogP contribution in [0.3, 0.4) is 0 Å². The molecule has 1 atom stereocenters. The summed E-state index contributed by atoms with van der Waals surface area (Å²) in [6.07, 6.45) is 5.46. The largest absolute Gasteiger partial charge is 0.286 e. The maximum absolute atomic E-state index is 11.1. The number of carbonyl (C=O) groups excluding carboxylic acids is 2. The predicted octanol–water partition coefficient (Wildman–Crippen LogP) is 2.31. The first kappa shape index (κ1) is 10.6. The zero-order chi connectivity index (χ0) is 9.68. The lowest BCUT2D eigenvalue weighted by atomic mass is 10.1. The van der Waals surface area contributed by atoms with Gasteiger partial charge in [-0.3, -0.25) is 14.9 Å². The van der Waals surface area contributed by atoms with Gasteiger partial charge < -0.3 is 0 Å². The number of thioether (sulfide) groups is 1. The smallest absolute Gasteiger partial charge is 0.286 e. The summed E-state index contributed by atoms with van der Waals surface area (Å²) >= 11 is 1.13. The van der Waals surface area contributed by atoms with E-state index in [4.69, 9.17) is 0 Å². The van der Waals surface area contributed by atoms with Gasteiger partial charge in [0.2, 0.25) is 5.91 Å². The number of hydrogen-bond acceptors (Lipinski definition) is 3. The highest BCUT2D eigenvalue weighted by atomic mass is 32.2. The van der Waals surface area contributed by atoms with Crippen LogP contribution >= 0.6 is 11.8 Å². The van der Waals surface area contributed by atoms with Crippen LogP contribution in [0.2, 0.25) is 0 Å². The summed E-state index contributed by atoms with van der Waals surface area (Å²) in [5.74, 6) is -0.105. The first-order chi connectivity index (χ1) is 6.24. The molecule has 1 heterocycles. The Morgan fingerprint density at radius 1 is 1.31 bits per heavy atom. The van der Waals surface area contributed by atoms with Crippen LogP contribution in [-0.4, -0.2) is 16.4 Å². The van der Waals surface area contributed by atoms with Gasteiger partial charge in [-0.25, -0.2) is 0 Å². The number of nitrogens with one attached hydrogen (secondary N) is 1. The molecule has 0 spiro atoms. The van der Waals surface area contributed by atoms with Gasteiger partial charge in [0.05, 0.1) is 5.25 Å². The molecule has 0 aromatic carbocycles. The third-order valence-electron chi connectivity index (χ3n) is 2.09. The highest BCUT2D eigenvalue weighted by Gasteiger charge is 2.30. The molecule has 4 heteroatoms. The van der Waals surface area contributed by atoms with Crippen LogP contribution in [0.15, 0.2) is 0 Å². The minimum atomic E-state index is -0.189. The van der Waals surface area contributed by atoms with Gasteiger partial charge >= 0.3 is 0 Å². The fourth-order valence-electron chi connectivity index (χ4n) is 1.34. The molecule has 13 heavy (non-hydrogen) atoms. The van der Waals surface area contributed by atoms with Gasteiger partial charge in [-0.2, -0.15) is 0 Å². The fraction of sp³-hybridized carbons (Fsp3) is 0.778. The van der Waals surface area contributed by atoms with Crippen LogP contribution in [0, 0.1) is 0 Å². The van der Waals surface area contributed by atoms with Crippen molar-refractivity contribution in [3.8, 4) is 0 Å². The van der Waals surface area contributed by atoms with Crippen LogP contribution in [0.4, 0.5) is 4.79 Å². The summed E-state index contributed by atoms with van der Waals surface area (Å²) < 4.78 is 0. The van der Waals surface area contributed by atoms with E-state index in [1.165, 1.54) is 12.8 Å². The molecule has 1 saturated heterocycles. The zero-order valence-corrected chi connectivity index (χ0v) is 8.65. The molecule has 1 rings (SSSR count). The van der Waals surface area contributed by atoms with Gasteiger partial charge in [0.1, 0.15) is 0 Å². The number of carbonyl (C=O) groups is 2. The van der Waals surface area contributed by atoms with E-state index in [0.29, 0.717) is 0 Å². The zero-order valence-electron chi connectivity index (χ0n) is 7.84. The summed E-state index contributed by atoms with van der Waals surface area (Å²) in [7, 11) is 0. The number of unbranched alkanes of at least 4 members (excludes halogenated alkanes) is 3. The van der Waals surface area contributed by atoms with E-state index in [1.807, 2.05) is 0 Å². The number of imide groups is 1. The summed E-state index contributed by atoms with van der Waals surface area (Å²) in [4.78, 5) is 21.9. The first-order valence-corrected chi connectivity index (χ1v) is 5.63. The third-order valence-corrected chi connectivity index (χ3v) is 3.14. The monoisotopic (exact) mass is 201 g/mol. The molecule has 0 radical (unpaired) electrons. The van der Waals surface area contributed by atoms with Crippen molar-refractivity contribution in [2.75, 3.05) is 0 Å². The Labute approximate surface area is 82.6 Å². The van der Waals surface area contributed by atoms with Gasteiger partial charge in [0.15, 0.2) is 0 Å². The molecule has 1 fully saturated rings. The van der Waals surface area contributed by atoms with Crippen LogP contribution in [-0.2, 0) is 4.79 Å². The lowest BCUT2D eigenvalue weighted by Gasteiger charge is -2.03. The number of amides is 2. The standard InChI is InChI=1S/C9H15NO2S/c1-2-3-4-5-6-7-8(11)10-9(12)13-7/h7H,2-6H2,1H3,(H,10,11,12). The molecule has 1 aliphatic rings. The van der Waals surface area contributed by atoms with Crippen LogP contribution in [0.1, 0.15) is 39.0 Å². The van der Waals surface area contributed by atoms with Crippen molar-refractivity contribution >= 4 is 22.9 Å². The molecule has 74 valence electrons. The summed E-state index contributed by atoms with van der Waals surface area (Å²) in [6.45, 7) is 2.15. The average molecular weight is 201 g/mol. The second-order valence-electron chi connectivity index (χ2n) is 3.23. The van der Waals surface area contributed by atoms with Crippen LogP contribution < -0.4 is 5.32 Å². The minimum Gasteiger partial charge on any atom is -0.286 e. The van der Waals surface area contributed by atoms with Crippen molar-refractivity contribution in [1.29, 1.82) is 0 Å². The van der Waals surface area contributed by atoms with Gasteiger partial charge in [-0.15, -0.1) is 0 Å². The molecular weight excluding hydrogens is 186 g/mol. The molecule has 1 N–H and O–H groups in total. The van der Waals surface area contributed by atoms with E-state index in [0.717, 1.165) is 31.0 Å². The highest BCUT2D eigenvalue weighted by Crippen LogP contribution is 2.23. The van der Waals surface area contributed by atoms with Crippen molar-refractivity contribution in [1.82, 2.24) is 5.32 Å². The molecule has 3 nitrogen and oxygen atoms in total. The topological polar surface area (TPSA) is 46.2 Å². The average Bonchev–Trinajstić information content (AvgIpc) is 2.39. The van der Waals surface area contributed by atoms with Crippen molar-refractivity contribution in [3.05, 3.63) is 0 Å². The van der Waals surface area contributed by atoms with Crippen molar-refractivity contribution in [2.24, 2.45) is 0 Å². The van der Waals surface area contributed by atoms with Gasteiger partial charge in [0, 0.05) is 0 Å². The summed E-state index contributed by atoms with van der Waals surface area (Å²) in [6, 6.07) is 0. The van der Waals surface area contributed by atoms with E-state index >= 15 is 0 Å². The van der Waals surface area contributed by atoms with Crippen LogP contribution in [0.25, 0.3) is 0 Å². The van der Waals surface area contributed by atoms with E-state index in [-0.39, 0.29) is 16.4 Å². The first-order valence-electron chi connectivity index (χ1n) is 4.75. The van der Waals surface area contributed by atoms with Gasteiger partial charge in [0.25, 0.3) is 5.24 Å². The van der Waals surface area contributed by atoms with Crippen molar-refractivity contribution in [2.45, 2.75) is 44.3 Å². The Bertz CT molecular complexity index is 206. The van der Waals surface area contributed by atoms with Crippen LogP contribution in [0.5, 0.6) is 0 Å². The number of rotatable bonds is 5. The maximum atomic E-state index is 11.1. The third kappa shape index (κ3) is 3.38. The SMILES string of the molecule is CCCCCCC1SC(=O)NC1=O. The van der Waals surface area contributed by atoms with E-state index in [9.17, 15) is 9.59 Å². The molecule has 0 aromatic rings. The Hall–Kier alpha value is -0.510. The lowest BCUT2D eigenvalue weighted by Crippen LogP contribution is -2.23. The second kappa shape index (κ2) is 5.27. The molecule has 2 amide bonds. The van der Waals surface area contributed by atoms with Gasteiger partial charge in [-0.05, 0) is 6.42 Å². The molecule has 0 aliphatic carbocycles. The normalized spacial score (nSPS) is 22.1. The Kier molecular flexibility index (Phi) is 4.28. The van der Waals surface area contributed by atoms with Crippen molar-refractivity contribution < 1.29 is 9.59 Å². The Morgan fingerprint density at radius 2 is 2.08 bits per heavy atom. The maximum Gasteiger partial charge on any atom is 0.286 e. The summed E-state index contributed by atoms with van der Waals surface area (Å²) in [5, 5.41) is 1.98. The van der Waals surface area contributed by atoms with E-state index in [1.54, 1.807) is 0 Å². The van der Waals surface area contributed by atoms with E-state index in [2.05, 4.69) is 12.2 Å². The van der Waals surface area contributed by atoms with E-state index < -0.39 is 0 Å². The molecule has 1 unspecified atom stereocenters.